The molecule has 1 aromatic rings. The second-order valence-electron chi connectivity index (χ2n) is 5.59. The monoisotopic (exact) mass is 284 g/mol. The van der Waals surface area contributed by atoms with Gasteiger partial charge in [-0.1, -0.05) is 29.3 Å². The van der Waals surface area contributed by atoms with Crippen LogP contribution in [0.5, 0.6) is 0 Å². The predicted molar refractivity (Wildman–Crippen MR) is 76.1 cm³/mol. The van der Waals surface area contributed by atoms with E-state index in [0.29, 0.717) is 10.0 Å². The van der Waals surface area contributed by atoms with Crippen molar-refractivity contribution >= 4 is 23.2 Å². The van der Waals surface area contributed by atoms with Gasteiger partial charge in [0.15, 0.2) is 0 Å². The lowest BCUT2D eigenvalue weighted by Gasteiger charge is -2.13. The molecule has 18 heavy (non-hydrogen) atoms. The van der Waals surface area contributed by atoms with E-state index in [-0.39, 0.29) is 0 Å². The highest BCUT2D eigenvalue weighted by molar-refractivity contribution is 6.42. The number of halogens is 2. The summed E-state index contributed by atoms with van der Waals surface area (Å²) in [5.74, 6) is 2.77. The van der Waals surface area contributed by atoms with E-state index in [2.05, 4.69) is 17.3 Å². The van der Waals surface area contributed by atoms with E-state index in [1.54, 1.807) is 0 Å². The van der Waals surface area contributed by atoms with Crippen molar-refractivity contribution in [3.63, 3.8) is 0 Å². The Morgan fingerprint density at radius 1 is 1.22 bits per heavy atom. The van der Waals surface area contributed by atoms with Crippen LogP contribution in [0, 0.1) is 17.8 Å². The third-order valence-corrected chi connectivity index (χ3v) is 4.99. The van der Waals surface area contributed by atoms with Gasteiger partial charge in [0.25, 0.3) is 0 Å². The molecule has 2 aliphatic rings. The first-order valence-electron chi connectivity index (χ1n) is 6.48. The molecule has 0 aromatic heterocycles. The molecule has 1 aliphatic carbocycles. The summed E-state index contributed by atoms with van der Waals surface area (Å²) < 4.78 is 0. The second-order valence-corrected chi connectivity index (χ2v) is 6.41. The summed E-state index contributed by atoms with van der Waals surface area (Å²) in [7, 11) is 2.21. The highest BCUT2D eigenvalue weighted by atomic mass is 35.5. The van der Waals surface area contributed by atoms with Gasteiger partial charge in [-0.05, 0) is 49.0 Å². The van der Waals surface area contributed by atoms with Crippen LogP contribution in [-0.4, -0.2) is 31.6 Å². The van der Waals surface area contributed by atoms with Gasteiger partial charge in [-0.2, -0.15) is 0 Å². The average molecular weight is 285 g/mol. The number of rotatable bonds is 4. The van der Waals surface area contributed by atoms with Gasteiger partial charge in [-0.15, -0.1) is 0 Å². The van der Waals surface area contributed by atoms with Gasteiger partial charge in [-0.25, -0.2) is 0 Å². The zero-order valence-electron chi connectivity index (χ0n) is 10.5. The van der Waals surface area contributed by atoms with Gasteiger partial charge in [0.1, 0.15) is 0 Å². The maximum Gasteiger partial charge on any atom is 0.0595 e. The van der Waals surface area contributed by atoms with E-state index < -0.39 is 0 Å². The van der Waals surface area contributed by atoms with Crippen LogP contribution in [-0.2, 0) is 6.54 Å². The molecule has 0 bridgehead atoms. The Morgan fingerprint density at radius 3 is 2.61 bits per heavy atom. The first-order valence-corrected chi connectivity index (χ1v) is 7.24. The molecule has 1 aliphatic heterocycles. The maximum atomic E-state index is 6.00. The maximum absolute atomic E-state index is 6.00. The minimum atomic E-state index is 0.625. The number of piperidine rings is 1. The minimum absolute atomic E-state index is 0.625. The van der Waals surface area contributed by atoms with Crippen molar-refractivity contribution < 1.29 is 0 Å². The lowest BCUT2D eigenvalue weighted by atomic mass is 10.2. The number of fused-ring (bicyclic) bond motifs is 1. The van der Waals surface area contributed by atoms with E-state index in [4.69, 9.17) is 23.2 Å². The summed E-state index contributed by atoms with van der Waals surface area (Å²) in [5.41, 5.74) is 1.20. The number of likely N-dealkylation sites (tertiary alicyclic amines) is 1. The van der Waals surface area contributed by atoms with Gasteiger partial charge >= 0.3 is 0 Å². The molecule has 0 radical (unpaired) electrons. The lowest BCUT2D eigenvalue weighted by Crippen LogP contribution is -2.24. The van der Waals surface area contributed by atoms with Gasteiger partial charge in [0.05, 0.1) is 10.0 Å². The second kappa shape index (κ2) is 5.01. The van der Waals surface area contributed by atoms with Crippen LogP contribution in [0.4, 0.5) is 0 Å². The zero-order valence-corrected chi connectivity index (χ0v) is 12.0. The van der Waals surface area contributed by atoms with E-state index in [0.717, 1.165) is 30.8 Å². The van der Waals surface area contributed by atoms with Crippen molar-refractivity contribution in [2.75, 3.05) is 26.7 Å². The van der Waals surface area contributed by atoms with Crippen LogP contribution in [0.2, 0.25) is 10.0 Å². The van der Waals surface area contributed by atoms with Gasteiger partial charge in [-0.3, -0.25) is 0 Å². The average Bonchev–Trinajstić information content (AvgIpc) is 2.80. The molecule has 1 saturated carbocycles. The Balaban J connectivity index is 1.44. The summed E-state index contributed by atoms with van der Waals surface area (Å²) in [5, 5.41) is 4.80. The zero-order chi connectivity index (χ0) is 12.7. The van der Waals surface area contributed by atoms with Crippen molar-refractivity contribution in [1.82, 2.24) is 10.2 Å². The summed E-state index contributed by atoms with van der Waals surface area (Å²) in [6.07, 6.45) is 0. The molecule has 1 heterocycles. The molecular formula is C14H18Cl2N2. The van der Waals surface area contributed by atoms with Gasteiger partial charge < -0.3 is 10.2 Å². The SMILES string of the molecule is CN1CC2C(CNCc3ccc(Cl)c(Cl)c3)C2C1. The van der Waals surface area contributed by atoms with Crippen molar-refractivity contribution in [3.8, 4) is 0 Å². The molecule has 2 unspecified atom stereocenters. The largest absolute Gasteiger partial charge is 0.312 e. The molecule has 2 fully saturated rings. The number of nitrogens with zero attached hydrogens (tertiary/aromatic N) is 1. The van der Waals surface area contributed by atoms with Crippen molar-refractivity contribution in [1.29, 1.82) is 0 Å². The van der Waals surface area contributed by atoms with Crippen LogP contribution in [0.15, 0.2) is 18.2 Å². The van der Waals surface area contributed by atoms with Gasteiger partial charge in [0.2, 0.25) is 0 Å². The van der Waals surface area contributed by atoms with Crippen molar-refractivity contribution in [2.45, 2.75) is 6.54 Å². The van der Waals surface area contributed by atoms with E-state index in [1.807, 2.05) is 18.2 Å². The van der Waals surface area contributed by atoms with Crippen LogP contribution < -0.4 is 5.32 Å². The third-order valence-electron chi connectivity index (χ3n) is 4.25. The molecule has 0 spiro atoms. The van der Waals surface area contributed by atoms with Gasteiger partial charge in [0, 0.05) is 19.6 Å². The predicted octanol–water partition coefficient (Wildman–Crippen LogP) is 2.89. The highest BCUT2D eigenvalue weighted by Gasteiger charge is 2.53. The molecule has 0 amide bonds. The number of nitrogens with one attached hydrogen (secondary N) is 1. The molecule has 3 rings (SSSR count). The Kier molecular flexibility index (Phi) is 3.55. The van der Waals surface area contributed by atoms with Crippen molar-refractivity contribution in [2.24, 2.45) is 17.8 Å². The fourth-order valence-corrected chi connectivity index (χ4v) is 3.52. The van der Waals surface area contributed by atoms with Crippen LogP contribution in [0.25, 0.3) is 0 Å². The minimum Gasteiger partial charge on any atom is -0.312 e. The topological polar surface area (TPSA) is 15.3 Å². The Bertz CT molecular complexity index is 437. The molecule has 4 heteroatoms. The van der Waals surface area contributed by atoms with Crippen molar-refractivity contribution in [3.05, 3.63) is 33.8 Å². The van der Waals surface area contributed by atoms with Crippen LogP contribution in [0.3, 0.4) is 0 Å². The summed E-state index contributed by atoms with van der Waals surface area (Å²) in [6.45, 7) is 4.57. The normalized spacial score (nSPS) is 30.5. The first-order chi connectivity index (χ1) is 8.65. The van der Waals surface area contributed by atoms with Crippen LogP contribution in [0.1, 0.15) is 5.56 Å². The molecular weight excluding hydrogens is 267 g/mol. The molecule has 1 saturated heterocycles. The van der Waals surface area contributed by atoms with E-state index >= 15 is 0 Å². The lowest BCUT2D eigenvalue weighted by molar-refractivity contribution is 0.339. The molecule has 2 nitrogen and oxygen atoms in total. The molecule has 1 aromatic carbocycles. The summed E-state index contributed by atoms with van der Waals surface area (Å²) in [6, 6.07) is 5.84. The number of hydrogen-bond donors (Lipinski definition) is 1. The van der Waals surface area contributed by atoms with E-state index in [1.165, 1.54) is 18.7 Å². The van der Waals surface area contributed by atoms with Crippen LogP contribution >= 0.6 is 23.2 Å². The highest BCUT2D eigenvalue weighted by Crippen LogP contribution is 2.50. The Hall–Kier alpha value is -0.280. The smallest absolute Gasteiger partial charge is 0.0595 e. The fraction of sp³-hybridized carbons (Fsp3) is 0.571. The Labute approximate surface area is 118 Å². The number of benzene rings is 1. The molecule has 98 valence electrons. The molecule has 1 N–H and O–H groups in total. The quantitative estimate of drug-likeness (QED) is 0.915. The standard InChI is InChI=1S/C14H18Cl2N2/c1-18-7-11-10(12(11)8-18)6-17-5-9-2-3-13(15)14(16)4-9/h2-4,10-12,17H,5-8H2,1H3. The van der Waals surface area contributed by atoms with E-state index in [9.17, 15) is 0 Å². The third kappa shape index (κ3) is 2.53. The molecule has 2 atom stereocenters. The Morgan fingerprint density at radius 2 is 1.94 bits per heavy atom. The summed E-state index contributed by atoms with van der Waals surface area (Å²) >= 11 is 11.9. The number of hydrogen-bond acceptors (Lipinski definition) is 2. The summed E-state index contributed by atoms with van der Waals surface area (Å²) in [4.78, 5) is 2.44. The fourth-order valence-electron chi connectivity index (χ4n) is 3.20. The first kappa shape index (κ1) is 12.7.